The van der Waals surface area contributed by atoms with Crippen molar-refractivity contribution in [2.24, 2.45) is 0 Å². The zero-order valence-electron chi connectivity index (χ0n) is 12.6. The average molecular weight is 272 g/mol. The summed E-state index contributed by atoms with van der Waals surface area (Å²) in [5.74, 6) is -0.940. The van der Waals surface area contributed by atoms with Crippen LogP contribution in [0.1, 0.15) is 39.7 Å². The minimum Gasteiger partial charge on any atom is -0.477 e. The van der Waals surface area contributed by atoms with E-state index < -0.39 is 5.97 Å². The average Bonchev–Trinajstić information content (AvgIpc) is 2.81. The van der Waals surface area contributed by atoms with Crippen molar-refractivity contribution < 1.29 is 9.90 Å². The lowest BCUT2D eigenvalue weighted by molar-refractivity contribution is 0.0683. The number of aromatic nitrogens is 2. The van der Waals surface area contributed by atoms with Gasteiger partial charge in [-0.1, -0.05) is 6.07 Å². The zero-order valence-corrected chi connectivity index (χ0v) is 12.6. The fraction of sp³-hybridized carbons (Fsp3) is 0.375. The summed E-state index contributed by atoms with van der Waals surface area (Å²) in [6, 6.07) is 3.82. The first-order chi connectivity index (χ1) is 9.36. The van der Waals surface area contributed by atoms with Crippen molar-refractivity contribution in [3.8, 4) is 11.3 Å². The lowest BCUT2D eigenvalue weighted by Crippen LogP contribution is -2.08. The van der Waals surface area contributed by atoms with E-state index in [-0.39, 0.29) is 5.69 Å². The first kappa shape index (κ1) is 14.3. The number of aryl methyl sites for hydroxylation is 3. The normalized spacial score (nSPS) is 10.8. The number of benzene rings is 1. The van der Waals surface area contributed by atoms with Gasteiger partial charge >= 0.3 is 5.97 Å². The molecule has 0 aliphatic rings. The number of aromatic carboxylic acids is 1. The maximum absolute atomic E-state index is 11.3. The molecule has 0 aliphatic heterocycles. The van der Waals surface area contributed by atoms with E-state index in [2.05, 4.69) is 38.9 Å². The lowest BCUT2D eigenvalue weighted by Gasteiger charge is -2.13. The molecule has 0 saturated heterocycles. The van der Waals surface area contributed by atoms with Crippen molar-refractivity contribution in [3.05, 3.63) is 40.1 Å². The van der Waals surface area contributed by atoms with Gasteiger partial charge in [0.25, 0.3) is 0 Å². The molecule has 0 amide bonds. The number of hydrogen-bond donors (Lipinski definition) is 1. The van der Waals surface area contributed by atoms with Gasteiger partial charge in [-0.15, -0.1) is 0 Å². The van der Waals surface area contributed by atoms with Crippen molar-refractivity contribution in [2.45, 2.75) is 41.2 Å². The molecule has 1 heterocycles. The van der Waals surface area contributed by atoms with Crippen LogP contribution in [0.25, 0.3) is 11.3 Å². The smallest absolute Gasteiger partial charge is 0.354 e. The Morgan fingerprint density at radius 3 is 2.10 bits per heavy atom. The molecule has 0 atom stereocenters. The van der Waals surface area contributed by atoms with Gasteiger partial charge in [-0.3, -0.25) is 4.68 Å². The SMILES string of the molecule is CCn1nc(-c2c(C)c(C)cc(C)c2C)cc1C(=O)O. The van der Waals surface area contributed by atoms with Crippen LogP contribution in [-0.2, 0) is 6.54 Å². The molecule has 1 aromatic carbocycles. The van der Waals surface area contributed by atoms with Gasteiger partial charge in [0.05, 0.1) is 5.69 Å². The highest BCUT2D eigenvalue weighted by Crippen LogP contribution is 2.31. The van der Waals surface area contributed by atoms with Crippen molar-refractivity contribution in [1.29, 1.82) is 0 Å². The summed E-state index contributed by atoms with van der Waals surface area (Å²) in [7, 11) is 0. The van der Waals surface area contributed by atoms with Crippen LogP contribution in [-0.4, -0.2) is 20.9 Å². The molecule has 0 saturated carbocycles. The second-order valence-electron chi connectivity index (χ2n) is 5.17. The van der Waals surface area contributed by atoms with Crippen LogP contribution in [0.2, 0.25) is 0 Å². The zero-order chi connectivity index (χ0) is 15.0. The molecule has 1 aromatic heterocycles. The molecule has 0 radical (unpaired) electrons. The summed E-state index contributed by atoms with van der Waals surface area (Å²) in [6.07, 6.45) is 0. The van der Waals surface area contributed by atoms with Crippen LogP contribution in [0.3, 0.4) is 0 Å². The van der Waals surface area contributed by atoms with Gasteiger partial charge in [0.1, 0.15) is 5.69 Å². The molecule has 20 heavy (non-hydrogen) atoms. The van der Waals surface area contributed by atoms with E-state index in [0.717, 1.165) is 22.4 Å². The van der Waals surface area contributed by atoms with E-state index in [1.165, 1.54) is 15.8 Å². The van der Waals surface area contributed by atoms with E-state index in [9.17, 15) is 9.90 Å². The molecule has 0 fully saturated rings. The molecule has 0 bridgehead atoms. The lowest BCUT2D eigenvalue weighted by atomic mass is 9.92. The largest absolute Gasteiger partial charge is 0.477 e. The molecule has 0 unspecified atom stereocenters. The molecular formula is C16H20N2O2. The topological polar surface area (TPSA) is 55.1 Å². The third kappa shape index (κ3) is 2.22. The van der Waals surface area contributed by atoms with Gasteiger partial charge < -0.3 is 5.11 Å². The second kappa shape index (κ2) is 5.12. The third-order valence-corrected chi connectivity index (χ3v) is 3.92. The number of nitrogens with zero attached hydrogens (tertiary/aromatic N) is 2. The summed E-state index contributed by atoms with van der Waals surface area (Å²) in [6.45, 7) is 10.7. The molecule has 1 N–H and O–H groups in total. The minimum absolute atomic E-state index is 0.237. The highest BCUT2D eigenvalue weighted by atomic mass is 16.4. The van der Waals surface area contributed by atoms with Crippen molar-refractivity contribution in [1.82, 2.24) is 9.78 Å². The Hall–Kier alpha value is -2.10. The van der Waals surface area contributed by atoms with E-state index in [1.807, 2.05) is 6.92 Å². The summed E-state index contributed by atoms with van der Waals surface area (Å²) in [4.78, 5) is 11.3. The summed E-state index contributed by atoms with van der Waals surface area (Å²) in [5.41, 5.74) is 6.75. The summed E-state index contributed by atoms with van der Waals surface area (Å²) < 4.78 is 1.54. The maximum Gasteiger partial charge on any atom is 0.354 e. The van der Waals surface area contributed by atoms with Crippen LogP contribution in [0, 0.1) is 27.7 Å². The first-order valence-corrected chi connectivity index (χ1v) is 6.75. The molecule has 0 aliphatic carbocycles. The van der Waals surface area contributed by atoms with Gasteiger partial charge in [-0.05, 0) is 62.9 Å². The third-order valence-electron chi connectivity index (χ3n) is 3.92. The van der Waals surface area contributed by atoms with Crippen LogP contribution in [0.5, 0.6) is 0 Å². The van der Waals surface area contributed by atoms with Gasteiger partial charge in [-0.2, -0.15) is 5.10 Å². The Kier molecular flexibility index (Phi) is 3.66. The Labute approximate surface area is 119 Å². The molecule has 106 valence electrons. The Balaban J connectivity index is 2.72. The molecule has 4 nitrogen and oxygen atoms in total. The molecule has 4 heteroatoms. The fourth-order valence-corrected chi connectivity index (χ4v) is 2.55. The van der Waals surface area contributed by atoms with Crippen LogP contribution < -0.4 is 0 Å². The monoisotopic (exact) mass is 272 g/mol. The minimum atomic E-state index is -0.940. The van der Waals surface area contributed by atoms with E-state index in [1.54, 1.807) is 6.07 Å². The Morgan fingerprint density at radius 1 is 1.15 bits per heavy atom. The maximum atomic E-state index is 11.3. The predicted molar refractivity (Wildman–Crippen MR) is 79.2 cm³/mol. The van der Waals surface area contributed by atoms with Crippen LogP contribution >= 0.6 is 0 Å². The molecular weight excluding hydrogens is 252 g/mol. The van der Waals surface area contributed by atoms with Crippen LogP contribution in [0.15, 0.2) is 12.1 Å². The molecule has 2 rings (SSSR count). The fourth-order valence-electron chi connectivity index (χ4n) is 2.55. The number of rotatable bonds is 3. The van der Waals surface area contributed by atoms with E-state index >= 15 is 0 Å². The van der Waals surface area contributed by atoms with Gasteiger partial charge in [0.15, 0.2) is 0 Å². The highest BCUT2D eigenvalue weighted by Gasteiger charge is 2.18. The van der Waals surface area contributed by atoms with Gasteiger partial charge in [0, 0.05) is 12.1 Å². The quantitative estimate of drug-likeness (QED) is 0.930. The van der Waals surface area contributed by atoms with Gasteiger partial charge in [-0.25, -0.2) is 4.79 Å². The number of carbonyl (C=O) groups is 1. The van der Waals surface area contributed by atoms with Crippen LogP contribution in [0.4, 0.5) is 0 Å². The van der Waals surface area contributed by atoms with Gasteiger partial charge in [0.2, 0.25) is 0 Å². The first-order valence-electron chi connectivity index (χ1n) is 6.75. The molecule has 2 aromatic rings. The van der Waals surface area contributed by atoms with Crippen molar-refractivity contribution in [3.63, 3.8) is 0 Å². The number of carboxylic acid groups (broad SMARTS) is 1. The van der Waals surface area contributed by atoms with Crippen molar-refractivity contribution >= 4 is 5.97 Å². The summed E-state index contributed by atoms with van der Waals surface area (Å²) >= 11 is 0. The van der Waals surface area contributed by atoms with Crippen molar-refractivity contribution in [2.75, 3.05) is 0 Å². The number of hydrogen-bond acceptors (Lipinski definition) is 2. The predicted octanol–water partition coefficient (Wildman–Crippen LogP) is 3.50. The van der Waals surface area contributed by atoms with E-state index in [4.69, 9.17) is 0 Å². The van der Waals surface area contributed by atoms with E-state index in [0.29, 0.717) is 6.54 Å². The second-order valence-corrected chi connectivity index (χ2v) is 5.17. The number of carboxylic acids is 1. The standard InChI is InChI=1S/C16H20N2O2/c1-6-18-14(16(19)20)8-13(17-18)15-11(4)9(2)7-10(3)12(15)5/h7-8H,6H2,1-5H3,(H,19,20). The highest BCUT2D eigenvalue weighted by molar-refractivity contribution is 5.88. The molecule has 0 spiro atoms. The summed E-state index contributed by atoms with van der Waals surface area (Å²) in [5, 5.41) is 13.7. The Bertz CT molecular complexity index is 658. The Morgan fingerprint density at radius 2 is 1.70 bits per heavy atom.